The lowest BCUT2D eigenvalue weighted by Crippen LogP contribution is -2.49. The largest absolute Gasteiger partial charge is 0.315 e. The van der Waals surface area contributed by atoms with Crippen molar-refractivity contribution in [1.29, 1.82) is 0 Å². The fraction of sp³-hybridized carbons (Fsp3) is 0.152. The fourth-order valence-electron chi connectivity index (χ4n) is 5.89. The molecule has 1 aliphatic rings. The number of nitrogens with zero attached hydrogens (tertiary/aromatic N) is 7. The van der Waals surface area contributed by atoms with E-state index in [-0.39, 0.29) is 11.6 Å². The second kappa shape index (κ2) is 11.3. The number of aromatic amines is 1. The molecular formula is C33H26FN9OS. The van der Waals surface area contributed by atoms with Crippen molar-refractivity contribution in [2.45, 2.75) is 18.9 Å². The maximum absolute atomic E-state index is 15.8. The quantitative estimate of drug-likeness (QED) is 0.235. The second-order valence-corrected chi connectivity index (χ2v) is 12.0. The van der Waals surface area contributed by atoms with Crippen LogP contribution in [0.2, 0.25) is 0 Å². The van der Waals surface area contributed by atoms with Gasteiger partial charge in [-0.1, -0.05) is 29.5 Å². The number of benzene rings is 2. The smallest absolute Gasteiger partial charge is 0.262 e. The van der Waals surface area contributed by atoms with Gasteiger partial charge in [0.05, 0.1) is 23.5 Å². The van der Waals surface area contributed by atoms with Crippen molar-refractivity contribution in [2.24, 2.45) is 0 Å². The third kappa shape index (κ3) is 4.93. The Labute approximate surface area is 260 Å². The highest BCUT2D eigenvalue weighted by atomic mass is 32.1. The molecule has 1 unspecified atom stereocenters. The van der Waals surface area contributed by atoms with Crippen LogP contribution in [-0.4, -0.2) is 60.2 Å². The summed E-state index contributed by atoms with van der Waals surface area (Å²) >= 11 is 1.64. The van der Waals surface area contributed by atoms with Crippen LogP contribution in [0.3, 0.4) is 0 Å². The lowest BCUT2D eigenvalue weighted by Gasteiger charge is -2.34. The first-order chi connectivity index (χ1) is 22.1. The van der Waals surface area contributed by atoms with E-state index in [1.54, 1.807) is 53.0 Å². The first kappa shape index (κ1) is 27.2. The zero-order valence-corrected chi connectivity index (χ0v) is 24.7. The Morgan fingerprint density at radius 2 is 1.89 bits per heavy atom. The average Bonchev–Trinajstić information content (AvgIpc) is 3.86. The summed E-state index contributed by atoms with van der Waals surface area (Å²) in [4.78, 5) is 26.1. The summed E-state index contributed by atoms with van der Waals surface area (Å²) in [6.45, 7) is 1.46. The number of piperidine rings is 1. The number of nitrogens with one attached hydrogen (secondary N) is 2. The molecule has 0 saturated carbocycles. The molecule has 5 aromatic heterocycles. The van der Waals surface area contributed by atoms with E-state index in [9.17, 15) is 4.79 Å². The number of carbonyl (C=O) groups excluding carboxylic acids is 1. The summed E-state index contributed by atoms with van der Waals surface area (Å²) in [5, 5.41) is 19.4. The second-order valence-electron chi connectivity index (χ2n) is 10.9. The summed E-state index contributed by atoms with van der Waals surface area (Å²) in [5.74, 6) is -0.563. The minimum Gasteiger partial charge on any atom is -0.315 e. The number of pyridine rings is 2. The molecule has 1 fully saturated rings. The van der Waals surface area contributed by atoms with Gasteiger partial charge in [-0.05, 0) is 66.9 Å². The van der Waals surface area contributed by atoms with Crippen LogP contribution in [0, 0.1) is 5.82 Å². The van der Waals surface area contributed by atoms with Gasteiger partial charge in [0.15, 0.2) is 5.65 Å². The van der Waals surface area contributed by atoms with E-state index in [0.29, 0.717) is 29.2 Å². The summed E-state index contributed by atoms with van der Waals surface area (Å²) < 4.78 is 18.3. The molecular weight excluding hydrogens is 589 g/mol. The molecule has 1 amide bonds. The number of fused-ring (bicyclic) bond motifs is 2. The van der Waals surface area contributed by atoms with Gasteiger partial charge >= 0.3 is 0 Å². The lowest BCUT2D eigenvalue weighted by molar-refractivity contribution is 0.0968. The number of rotatable bonds is 6. The molecule has 2 aromatic carbocycles. The van der Waals surface area contributed by atoms with Gasteiger partial charge in [-0.3, -0.25) is 14.8 Å². The first-order valence-electron chi connectivity index (χ1n) is 14.6. The Hall–Kier alpha value is -5.33. The molecule has 0 radical (unpaired) electrons. The molecule has 1 aliphatic heterocycles. The molecule has 8 rings (SSSR count). The minimum atomic E-state index is -0.651. The molecule has 12 heteroatoms. The van der Waals surface area contributed by atoms with Crippen molar-refractivity contribution in [3.63, 3.8) is 0 Å². The number of carbonyl (C=O) groups is 1. The molecule has 10 nitrogen and oxygen atoms in total. The molecule has 2 N–H and O–H groups in total. The van der Waals surface area contributed by atoms with E-state index in [4.69, 9.17) is 4.98 Å². The number of anilines is 1. The zero-order chi connectivity index (χ0) is 30.3. The molecule has 222 valence electrons. The van der Waals surface area contributed by atoms with Crippen LogP contribution in [-0.2, 0) is 0 Å². The Morgan fingerprint density at radius 1 is 1.00 bits per heavy atom. The predicted molar refractivity (Wildman–Crippen MR) is 172 cm³/mol. The predicted octanol–water partition coefficient (Wildman–Crippen LogP) is 6.02. The van der Waals surface area contributed by atoms with E-state index in [0.717, 1.165) is 51.0 Å². The van der Waals surface area contributed by atoms with Gasteiger partial charge < -0.3 is 5.32 Å². The standard InChI is InChI=1S/C33H26FN9OS/c34-27-15-23(43-32-28(40-41-43)4-2-13-36-32)9-10-25(27)33(44)42(24-3-1-12-35-19-24)31-26-16-30(45-29(26)11-14-37-31)21-7-5-20(6-8-21)22-17-38-39-18-22/h2,4-11,13-18,24,35H,1,3,12,19H2,(H,38,39). The number of thiophene rings is 1. The molecule has 1 atom stereocenters. The highest BCUT2D eigenvalue weighted by molar-refractivity contribution is 7.22. The maximum Gasteiger partial charge on any atom is 0.262 e. The summed E-state index contributed by atoms with van der Waals surface area (Å²) in [7, 11) is 0. The lowest BCUT2D eigenvalue weighted by atomic mass is 10.0. The van der Waals surface area contributed by atoms with E-state index < -0.39 is 11.7 Å². The number of halogens is 1. The average molecular weight is 616 g/mol. The van der Waals surface area contributed by atoms with Gasteiger partial charge in [-0.15, -0.1) is 16.4 Å². The van der Waals surface area contributed by atoms with Crippen molar-refractivity contribution < 1.29 is 9.18 Å². The van der Waals surface area contributed by atoms with E-state index >= 15 is 4.39 Å². The number of aromatic nitrogens is 7. The van der Waals surface area contributed by atoms with Crippen molar-refractivity contribution >= 4 is 44.3 Å². The minimum absolute atomic E-state index is 0.0363. The topological polar surface area (TPSA) is 118 Å². The Bertz CT molecular complexity index is 2150. The molecule has 0 spiro atoms. The third-order valence-electron chi connectivity index (χ3n) is 8.14. The zero-order valence-electron chi connectivity index (χ0n) is 23.9. The Morgan fingerprint density at radius 3 is 2.69 bits per heavy atom. The van der Waals surface area contributed by atoms with Crippen LogP contribution in [0.25, 0.3) is 48.5 Å². The number of hydrogen-bond donors (Lipinski definition) is 2. The van der Waals surface area contributed by atoms with Crippen LogP contribution in [0.15, 0.2) is 91.5 Å². The highest BCUT2D eigenvalue weighted by Gasteiger charge is 2.32. The molecule has 0 aliphatic carbocycles. The maximum atomic E-state index is 15.8. The number of hydrogen-bond acceptors (Lipinski definition) is 8. The van der Waals surface area contributed by atoms with Gasteiger partial charge in [0, 0.05) is 51.7 Å². The van der Waals surface area contributed by atoms with Crippen molar-refractivity contribution in [2.75, 3.05) is 18.0 Å². The number of H-pyrrole nitrogens is 1. The van der Waals surface area contributed by atoms with Gasteiger partial charge in [0.2, 0.25) is 0 Å². The fourth-order valence-corrected chi connectivity index (χ4v) is 6.94. The van der Waals surface area contributed by atoms with Gasteiger partial charge in [0.1, 0.15) is 17.2 Å². The van der Waals surface area contributed by atoms with E-state index in [1.807, 2.05) is 12.3 Å². The Balaban J connectivity index is 1.17. The monoisotopic (exact) mass is 615 g/mol. The summed E-state index contributed by atoms with van der Waals surface area (Å²) in [5.41, 5.74) is 4.64. The highest BCUT2D eigenvalue weighted by Crippen LogP contribution is 2.39. The first-order valence-corrected chi connectivity index (χ1v) is 15.4. The Kier molecular flexibility index (Phi) is 6.84. The van der Waals surface area contributed by atoms with Crippen LogP contribution >= 0.6 is 11.3 Å². The van der Waals surface area contributed by atoms with Gasteiger partial charge in [-0.2, -0.15) is 9.78 Å². The van der Waals surface area contributed by atoms with E-state index in [1.165, 1.54) is 16.8 Å². The van der Waals surface area contributed by atoms with Crippen molar-refractivity contribution in [3.05, 3.63) is 103 Å². The van der Waals surface area contributed by atoms with Crippen LogP contribution in [0.4, 0.5) is 10.2 Å². The molecule has 7 aromatic rings. The van der Waals surface area contributed by atoms with Crippen LogP contribution < -0.4 is 10.2 Å². The summed E-state index contributed by atoms with van der Waals surface area (Å²) in [6.07, 6.45) is 8.69. The van der Waals surface area contributed by atoms with Crippen LogP contribution in [0.1, 0.15) is 23.2 Å². The van der Waals surface area contributed by atoms with Crippen molar-refractivity contribution in [3.8, 4) is 27.3 Å². The third-order valence-corrected chi connectivity index (χ3v) is 9.29. The molecule has 1 saturated heterocycles. The van der Waals surface area contributed by atoms with Gasteiger partial charge in [-0.25, -0.2) is 14.4 Å². The molecule has 45 heavy (non-hydrogen) atoms. The summed E-state index contributed by atoms with van der Waals surface area (Å²) in [6, 6.07) is 20.2. The van der Waals surface area contributed by atoms with Gasteiger partial charge in [0.25, 0.3) is 5.91 Å². The molecule has 6 heterocycles. The van der Waals surface area contributed by atoms with Crippen LogP contribution in [0.5, 0.6) is 0 Å². The SMILES string of the molecule is O=C(c1ccc(-n2nnc3cccnc32)cc1F)N(c1nccc2sc(-c3ccc(-c4cn[nH]c4)cc3)cc12)C1CCCNC1. The van der Waals surface area contributed by atoms with Crippen molar-refractivity contribution in [1.82, 2.24) is 40.5 Å². The molecule has 0 bridgehead atoms. The normalized spacial score (nSPS) is 15.1. The van der Waals surface area contributed by atoms with E-state index in [2.05, 4.69) is 61.1 Å². The number of amides is 1.